The van der Waals surface area contributed by atoms with E-state index in [0.717, 1.165) is 19.4 Å². The van der Waals surface area contributed by atoms with E-state index in [0.29, 0.717) is 25.5 Å². The first kappa shape index (κ1) is 16.2. The fourth-order valence-electron chi connectivity index (χ4n) is 2.00. The summed E-state index contributed by atoms with van der Waals surface area (Å²) in [6.45, 7) is 5.58. The third-order valence-electron chi connectivity index (χ3n) is 3.01. The van der Waals surface area contributed by atoms with Gasteiger partial charge in [0.05, 0.1) is 32.1 Å². The molecule has 0 aromatic carbocycles. The van der Waals surface area contributed by atoms with Gasteiger partial charge in [0.1, 0.15) is 0 Å². The molecule has 4 nitrogen and oxygen atoms in total. The quantitative estimate of drug-likeness (QED) is 0.307. The molecule has 1 aliphatic heterocycles. The molecule has 0 aliphatic carbocycles. The molecule has 108 valence electrons. The summed E-state index contributed by atoms with van der Waals surface area (Å²) >= 11 is 0. The molecule has 1 saturated heterocycles. The van der Waals surface area contributed by atoms with Crippen LogP contribution in [0, 0.1) is 0 Å². The van der Waals surface area contributed by atoms with Crippen LogP contribution in [0.25, 0.3) is 0 Å². The summed E-state index contributed by atoms with van der Waals surface area (Å²) in [6, 6.07) is 0. The largest absolute Gasteiger partial charge is 0.373 e. The molecule has 0 spiro atoms. The minimum atomic E-state index is -2.80. The second-order valence-electron chi connectivity index (χ2n) is 4.68. The minimum absolute atomic E-state index is 0.457. The van der Waals surface area contributed by atoms with Crippen molar-refractivity contribution in [1.29, 1.82) is 0 Å². The second-order valence-corrected chi connectivity index (χ2v) is 6.87. The summed E-state index contributed by atoms with van der Waals surface area (Å²) in [5.41, 5.74) is 0. The summed E-state index contributed by atoms with van der Waals surface area (Å²) in [7, 11) is -2.80. The monoisotopic (exact) mass is 278 g/mol. The van der Waals surface area contributed by atoms with E-state index in [1.165, 1.54) is 25.7 Å². The molecule has 1 fully saturated rings. The highest BCUT2D eigenvalue weighted by atomic mass is 31.2. The maximum atomic E-state index is 12.1. The first-order valence-electron chi connectivity index (χ1n) is 7.20. The zero-order valence-electron chi connectivity index (χ0n) is 11.7. The van der Waals surface area contributed by atoms with Gasteiger partial charge in [-0.05, 0) is 26.7 Å². The zero-order valence-corrected chi connectivity index (χ0v) is 12.6. The average Bonchev–Trinajstić information content (AvgIpc) is 3.12. The van der Waals surface area contributed by atoms with Crippen molar-refractivity contribution in [3.8, 4) is 0 Å². The Bertz CT molecular complexity index is 243. The molecule has 1 heterocycles. The van der Waals surface area contributed by atoms with E-state index in [2.05, 4.69) is 0 Å². The van der Waals surface area contributed by atoms with Crippen molar-refractivity contribution in [1.82, 2.24) is 0 Å². The van der Waals surface area contributed by atoms with E-state index in [4.69, 9.17) is 13.8 Å². The molecule has 0 saturated carbocycles. The van der Waals surface area contributed by atoms with Gasteiger partial charge in [0.2, 0.25) is 0 Å². The molecule has 0 amide bonds. The molecule has 5 heteroatoms. The fourth-order valence-corrected chi connectivity index (χ4v) is 3.73. The highest BCUT2D eigenvalue weighted by Gasteiger charge is 2.22. The molecule has 18 heavy (non-hydrogen) atoms. The van der Waals surface area contributed by atoms with Gasteiger partial charge in [0.25, 0.3) is 0 Å². The van der Waals surface area contributed by atoms with Gasteiger partial charge in [-0.1, -0.05) is 25.7 Å². The van der Waals surface area contributed by atoms with Gasteiger partial charge < -0.3 is 13.8 Å². The topological polar surface area (TPSA) is 48.1 Å². The Morgan fingerprint density at radius 3 is 2.17 bits per heavy atom. The van der Waals surface area contributed by atoms with Crippen LogP contribution in [0.3, 0.4) is 0 Å². The van der Waals surface area contributed by atoms with Crippen LogP contribution in [0.1, 0.15) is 52.4 Å². The standard InChI is InChI=1S/C13H27O4P/c1-3-16-18(14,17-4-2)11-9-7-5-6-8-10-13-12-15-13/h13H,3-12H2,1-2H3. The van der Waals surface area contributed by atoms with E-state index < -0.39 is 7.60 Å². The van der Waals surface area contributed by atoms with E-state index >= 15 is 0 Å². The van der Waals surface area contributed by atoms with Gasteiger partial charge in [0, 0.05) is 0 Å². The summed E-state index contributed by atoms with van der Waals surface area (Å²) < 4.78 is 27.8. The van der Waals surface area contributed by atoms with E-state index in [1.807, 2.05) is 13.8 Å². The van der Waals surface area contributed by atoms with Crippen LogP contribution in [-0.4, -0.2) is 32.1 Å². The third kappa shape index (κ3) is 7.52. The lowest BCUT2D eigenvalue weighted by Gasteiger charge is -2.16. The Morgan fingerprint density at radius 1 is 1.06 bits per heavy atom. The summed E-state index contributed by atoms with van der Waals surface area (Å²) in [4.78, 5) is 0. The first-order valence-corrected chi connectivity index (χ1v) is 8.92. The highest BCUT2D eigenvalue weighted by molar-refractivity contribution is 7.53. The summed E-state index contributed by atoms with van der Waals surface area (Å²) in [5.74, 6) is 0. The smallest absolute Gasteiger partial charge is 0.330 e. The van der Waals surface area contributed by atoms with Crippen molar-refractivity contribution in [2.45, 2.75) is 58.5 Å². The van der Waals surface area contributed by atoms with Crippen molar-refractivity contribution in [3.63, 3.8) is 0 Å². The lowest BCUT2D eigenvalue weighted by Crippen LogP contribution is -2.00. The van der Waals surface area contributed by atoms with Crippen LogP contribution in [-0.2, 0) is 18.3 Å². The molecule has 0 bridgehead atoms. The molecule has 1 rings (SSSR count). The van der Waals surface area contributed by atoms with Gasteiger partial charge in [-0.3, -0.25) is 4.57 Å². The molecule has 0 radical (unpaired) electrons. The lowest BCUT2D eigenvalue weighted by molar-refractivity contribution is 0.219. The number of ether oxygens (including phenoxy) is 1. The van der Waals surface area contributed by atoms with Gasteiger partial charge in [0.15, 0.2) is 0 Å². The van der Waals surface area contributed by atoms with Crippen LogP contribution in [0.15, 0.2) is 0 Å². The number of rotatable bonds is 12. The number of unbranched alkanes of at least 4 members (excludes halogenated alkanes) is 4. The fraction of sp³-hybridized carbons (Fsp3) is 1.00. The second kappa shape index (κ2) is 9.08. The van der Waals surface area contributed by atoms with Crippen molar-refractivity contribution >= 4 is 7.60 Å². The molecular formula is C13H27O4P. The van der Waals surface area contributed by atoms with Crippen LogP contribution in [0.5, 0.6) is 0 Å². The van der Waals surface area contributed by atoms with E-state index in [1.54, 1.807) is 0 Å². The normalized spacial score (nSPS) is 19.1. The Kier molecular flexibility index (Phi) is 8.16. The number of hydrogen-bond donors (Lipinski definition) is 0. The minimum Gasteiger partial charge on any atom is -0.373 e. The van der Waals surface area contributed by atoms with Crippen LogP contribution in [0.4, 0.5) is 0 Å². The predicted octanol–water partition coefficient (Wildman–Crippen LogP) is 3.99. The van der Waals surface area contributed by atoms with Crippen LogP contribution in [0.2, 0.25) is 0 Å². The molecule has 0 aromatic rings. The van der Waals surface area contributed by atoms with Crippen molar-refractivity contribution < 1.29 is 18.3 Å². The van der Waals surface area contributed by atoms with Crippen molar-refractivity contribution in [3.05, 3.63) is 0 Å². The Balaban J connectivity index is 1.97. The number of hydrogen-bond acceptors (Lipinski definition) is 4. The zero-order chi connectivity index (χ0) is 13.3. The first-order chi connectivity index (χ1) is 8.70. The van der Waals surface area contributed by atoms with Crippen LogP contribution >= 0.6 is 7.60 Å². The van der Waals surface area contributed by atoms with E-state index in [9.17, 15) is 4.57 Å². The molecule has 1 unspecified atom stereocenters. The Hall–Kier alpha value is 0.110. The van der Waals surface area contributed by atoms with Crippen molar-refractivity contribution in [2.75, 3.05) is 26.0 Å². The summed E-state index contributed by atoms with van der Waals surface area (Å²) in [6.07, 6.45) is 8.04. The van der Waals surface area contributed by atoms with Gasteiger partial charge >= 0.3 is 7.60 Å². The molecule has 1 aliphatic rings. The number of epoxide rings is 1. The third-order valence-corrected chi connectivity index (χ3v) is 5.18. The Morgan fingerprint density at radius 2 is 1.61 bits per heavy atom. The predicted molar refractivity (Wildman–Crippen MR) is 73.2 cm³/mol. The maximum absolute atomic E-state index is 12.1. The maximum Gasteiger partial charge on any atom is 0.330 e. The van der Waals surface area contributed by atoms with Gasteiger partial charge in [-0.25, -0.2) is 0 Å². The van der Waals surface area contributed by atoms with Crippen molar-refractivity contribution in [2.24, 2.45) is 0 Å². The Labute approximate surface area is 111 Å². The van der Waals surface area contributed by atoms with E-state index in [-0.39, 0.29) is 0 Å². The highest BCUT2D eigenvalue weighted by Crippen LogP contribution is 2.48. The molecule has 0 aromatic heterocycles. The lowest BCUT2D eigenvalue weighted by atomic mass is 10.1. The average molecular weight is 278 g/mol. The molecular weight excluding hydrogens is 251 g/mol. The van der Waals surface area contributed by atoms with Gasteiger partial charge in [-0.15, -0.1) is 0 Å². The molecule has 1 atom stereocenters. The SMILES string of the molecule is CCOP(=O)(CCCCCCCC1CO1)OCC. The molecule has 0 N–H and O–H groups in total. The van der Waals surface area contributed by atoms with Crippen LogP contribution < -0.4 is 0 Å². The van der Waals surface area contributed by atoms with Gasteiger partial charge in [-0.2, -0.15) is 0 Å². The summed E-state index contributed by atoms with van der Waals surface area (Å²) in [5, 5.41) is 0.